The van der Waals surface area contributed by atoms with Crippen molar-refractivity contribution in [2.45, 2.75) is 25.3 Å². The Morgan fingerprint density at radius 2 is 2.12 bits per heavy atom. The Morgan fingerprint density at radius 3 is 3.00 bits per heavy atom. The van der Waals surface area contributed by atoms with E-state index in [1.165, 1.54) is 25.0 Å². The van der Waals surface area contributed by atoms with Crippen LogP contribution in [-0.2, 0) is 0 Å². The fraction of sp³-hybridized carbons (Fsp3) is 0.444. The molecule has 0 saturated carbocycles. The second-order valence-electron chi connectivity index (χ2n) is 6.52. The van der Waals surface area contributed by atoms with E-state index >= 15 is 0 Å². The fourth-order valence-electron chi connectivity index (χ4n) is 3.66. The molecule has 1 aromatic heterocycles. The number of aromatic nitrogens is 1. The molecule has 2 aliphatic heterocycles. The maximum atomic E-state index is 13.3. The third-order valence-corrected chi connectivity index (χ3v) is 4.97. The van der Waals surface area contributed by atoms with Crippen LogP contribution >= 0.6 is 0 Å². The molecule has 3 heterocycles. The molecule has 1 aromatic carbocycles. The topological polar surface area (TPSA) is 49.6 Å². The standard InChI is InChI=1S/C18H20FN3O2/c19-14-5-3-4-13(10-14)16-11-17(24-20-16)18(23)22-9-8-21-7-2-1-6-15(21)12-22/h3-5,10-11,15H,1-2,6-9,12H2/t15-/m1/s1. The molecule has 126 valence electrons. The van der Waals surface area contributed by atoms with Crippen LogP contribution < -0.4 is 0 Å². The van der Waals surface area contributed by atoms with Crippen molar-refractivity contribution in [1.82, 2.24) is 15.0 Å². The molecule has 1 amide bonds. The number of benzene rings is 1. The lowest BCUT2D eigenvalue weighted by Crippen LogP contribution is -2.56. The van der Waals surface area contributed by atoms with E-state index in [9.17, 15) is 9.18 Å². The van der Waals surface area contributed by atoms with E-state index in [-0.39, 0.29) is 17.5 Å². The van der Waals surface area contributed by atoms with Crippen molar-refractivity contribution in [3.8, 4) is 11.3 Å². The van der Waals surface area contributed by atoms with Gasteiger partial charge in [-0.05, 0) is 31.5 Å². The van der Waals surface area contributed by atoms with Gasteiger partial charge in [0, 0.05) is 37.3 Å². The number of halogens is 1. The Kier molecular flexibility index (Phi) is 4.06. The minimum absolute atomic E-state index is 0.129. The molecule has 0 aliphatic carbocycles. The summed E-state index contributed by atoms with van der Waals surface area (Å²) >= 11 is 0. The summed E-state index contributed by atoms with van der Waals surface area (Å²) in [5.41, 5.74) is 1.09. The Hall–Kier alpha value is -2.21. The molecule has 0 radical (unpaired) electrons. The second kappa shape index (κ2) is 6.36. The molecule has 5 nitrogen and oxygen atoms in total. The number of amides is 1. The lowest BCUT2D eigenvalue weighted by Gasteiger charge is -2.43. The molecule has 2 aliphatic rings. The van der Waals surface area contributed by atoms with Crippen molar-refractivity contribution in [3.63, 3.8) is 0 Å². The SMILES string of the molecule is O=C(c1cc(-c2cccc(F)c2)no1)N1CCN2CCCC[C@@H]2C1. The molecule has 0 N–H and O–H groups in total. The van der Waals surface area contributed by atoms with Crippen LogP contribution in [0.2, 0.25) is 0 Å². The molecule has 2 fully saturated rings. The van der Waals surface area contributed by atoms with E-state index in [1.54, 1.807) is 18.2 Å². The molecule has 24 heavy (non-hydrogen) atoms. The highest BCUT2D eigenvalue weighted by atomic mass is 19.1. The molecule has 0 bridgehead atoms. The van der Waals surface area contributed by atoms with E-state index in [0.29, 0.717) is 23.8 Å². The smallest absolute Gasteiger partial charge is 0.292 e. The first-order valence-corrected chi connectivity index (χ1v) is 8.47. The zero-order valence-corrected chi connectivity index (χ0v) is 13.4. The first kappa shape index (κ1) is 15.3. The first-order valence-electron chi connectivity index (χ1n) is 8.47. The maximum absolute atomic E-state index is 13.3. The summed E-state index contributed by atoms with van der Waals surface area (Å²) in [4.78, 5) is 17.0. The van der Waals surface area contributed by atoms with Gasteiger partial charge in [-0.15, -0.1) is 0 Å². The highest BCUT2D eigenvalue weighted by Gasteiger charge is 2.32. The zero-order chi connectivity index (χ0) is 16.5. The predicted molar refractivity (Wildman–Crippen MR) is 87.0 cm³/mol. The number of hydrogen-bond acceptors (Lipinski definition) is 4. The normalized spacial score (nSPS) is 21.5. The summed E-state index contributed by atoms with van der Waals surface area (Å²) in [5, 5.41) is 3.93. The summed E-state index contributed by atoms with van der Waals surface area (Å²) in [6.07, 6.45) is 3.63. The Bertz CT molecular complexity index is 745. The Labute approximate surface area is 140 Å². The van der Waals surface area contributed by atoms with E-state index in [1.807, 2.05) is 4.90 Å². The van der Waals surface area contributed by atoms with Gasteiger partial charge >= 0.3 is 0 Å². The van der Waals surface area contributed by atoms with E-state index in [4.69, 9.17) is 4.52 Å². The number of fused-ring (bicyclic) bond motifs is 1. The van der Waals surface area contributed by atoms with Gasteiger partial charge in [0.25, 0.3) is 5.91 Å². The van der Waals surface area contributed by atoms with Crippen molar-refractivity contribution >= 4 is 5.91 Å². The van der Waals surface area contributed by atoms with E-state index in [2.05, 4.69) is 10.1 Å². The van der Waals surface area contributed by atoms with Crippen LogP contribution in [0.3, 0.4) is 0 Å². The zero-order valence-electron chi connectivity index (χ0n) is 13.4. The Morgan fingerprint density at radius 1 is 1.21 bits per heavy atom. The largest absolute Gasteiger partial charge is 0.350 e. The van der Waals surface area contributed by atoms with E-state index < -0.39 is 0 Å². The van der Waals surface area contributed by atoms with Gasteiger partial charge in [0.2, 0.25) is 5.76 Å². The number of nitrogens with zero attached hydrogens (tertiary/aromatic N) is 3. The number of piperazine rings is 1. The van der Waals surface area contributed by atoms with Crippen LogP contribution in [0.1, 0.15) is 29.8 Å². The summed E-state index contributed by atoms with van der Waals surface area (Å²) < 4.78 is 18.6. The number of carbonyl (C=O) groups excluding carboxylic acids is 1. The lowest BCUT2D eigenvalue weighted by molar-refractivity contribution is 0.0344. The summed E-state index contributed by atoms with van der Waals surface area (Å²) in [7, 11) is 0. The minimum Gasteiger partial charge on any atom is -0.350 e. The minimum atomic E-state index is -0.336. The van der Waals surface area contributed by atoms with Crippen molar-refractivity contribution in [1.29, 1.82) is 0 Å². The summed E-state index contributed by atoms with van der Waals surface area (Å²) in [5.74, 6) is -0.245. The third kappa shape index (κ3) is 2.94. The van der Waals surface area contributed by atoms with E-state index in [0.717, 1.165) is 26.1 Å². The quantitative estimate of drug-likeness (QED) is 0.850. The molecule has 2 saturated heterocycles. The van der Waals surface area contributed by atoms with Crippen LogP contribution in [-0.4, -0.2) is 53.1 Å². The number of hydrogen-bond donors (Lipinski definition) is 0. The molecule has 6 heteroatoms. The van der Waals surface area contributed by atoms with Crippen LogP contribution in [0.15, 0.2) is 34.9 Å². The van der Waals surface area contributed by atoms with Gasteiger partial charge in [-0.3, -0.25) is 9.69 Å². The Balaban J connectivity index is 1.49. The van der Waals surface area contributed by atoms with Crippen molar-refractivity contribution in [2.75, 3.05) is 26.2 Å². The van der Waals surface area contributed by atoms with Crippen LogP contribution in [0.4, 0.5) is 4.39 Å². The predicted octanol–water partition coefficient (Wildman–Crippen LogP) is 2.79. The molecule has 0 spiro atoms. The van der Waals surface area contributed by atoms with Gasteiger partial charge in [-0.2, -0.15) is 0 Å². The van der Waals surface area contributed by atoms with Gasteiger partial charge in [0.05, 0.1) is 0 Å². The monoisotopic (exact) mass is 329 g/mol. The molecule has 1 atom stereocenters. The highest BCUT2D eigenvalue weighted by Crippen LogP contribution is 2.24. The maximum Gasteiger partial charge on any atom is 0.292 e. The van der Waals surface area contributed by atoms with Crippen LogP contribution in [0.5, 0.6) is 0 Å². The summed E-state index contributed by atoms with van der Waals surface area (Å²) in [6, 6.07) is 8.18. The van der Waals surface area contributed by atoms with Crippen molar-refractivity contribution in [3.05, 3.63) is 41.9 Å². The number of rotatable bonds is 2. The molecular formula is C18H20FN3O2. The highest BCUT2D eigenvalue weighted by molar-refractivity contribution is 5.92. The van der Waals surface area contributed by atoms with Crippen molar-refractivity contribution < 1.29 is 13.7 Å². The van der Waals surface area contributed by atoms with Crippen molar-refractivity contribution in [2.24, 2.45) is 0 Å². The molecule has 4 rings (SSSR count). The summed E-state index contributed by atoms with van der Waals surface area (Å²) in [6.45, 7) is 3.51. The fourth-order valence-corrected chi connectivity index (χ4v) is 3.66. The van der Waals surface area contributed by atoms with Gasteiger partial charge in [0.1, 0.15) is 11.5 Å². The first-order chi connectivity index (χ1) is 11.7. The molecule has 0 unspecified atom stereocenters. The second-order valence-corrected chi connectivity index (χ2v) is 6.52. The molecule has 2 aromatic rings. The van der Waals surface area contributed by atoms with Gasteiger partial charge < -0.3 is 9.42 Å². The van der Waals surface area contributed by atoms with Crippen LogP contribution in [0, 0.1) is 5.82 Å². The lowest BCUT2D eigenvalue weighted by atomic mass is 9.99. The van der Waals surface area contributed by atoms with Crippen LogP contribution in [0.25, 0.3) is 11.3 Å². The average Bonchev–Trinajstić information content (AvgIpc) is 3.11. The average molecular weight is 329 g/mol. The van der Waals surface area contributed by atoms with Gasteiger partial charge in [-0.25, -0.2) is 4.39 Å². The number of piperidine rings is 1. The molecular weight excluding hydrogens is 309 g/mol. The van der Waals surface area contributed by atoms with Gasteiger partial charge in [0.15, 0.2) is 0 Å². The third-order valence-electron chi connectivity index (χ3n) is 4.97. The van der Waals surface area contributed by atoms with Gasteiger partial charge in [-0.1, -0.05) is 23.7 Å². The number of carbonyl (C=O) groups is 1.